The third-order valence-corrected chi connectivity index (χ3v) is 6.37. The minimum atomic E-state index is -3.75. The molecule has 1 atom stereocenters. The molecule has 1 saturated carbocycles. The zero-order chi connectivity index (χ0) is 17.3. The van der Waals surface area contributed by atoms with E-state index in [0.29, 0.717) is 19.8 Å². The van der Waals surface area contributed by atoms with Crippen LogP contribution in [0.4, 0.5) is 0 Å². The smallest absolute Gasteiger partial charge is 0.335 e. The largest absolute Gasteiger partial charge is 0.495 e. The van der Waals surface area contributed by atoms with Crippen LogP contribution in [0.1, 0.15) is 29.6 Å². The van der Waals surface area contributed by atoms with Crippen molar-refractivity contribution in [3.8, 4) is 5.75 Å². The molecule has 0 aromatic heterocycles. The van der Waals surface area contributed by atoms with E-state index in [0.717, 1.165) is 19.3 Å². The van der Waals surface area contributed by atoms with Gasteiger partial charge in [-0.3, -0.25) is 0 Å². The van der Waals surface area contributed by atoms with E-state index in [9.17, 15) is 13.2 Å². The summed E-state index contributed by atoms with van der Waals surface area (Å²) in [6.45, 7) is 1.67. The van der Waals surface area contributed by atoms with Crippen LogP contribution < -0.4 is 4.74 Å². The number of ether oxygens (including phenoxy) is 2. The van der Waals surface area contributed by atoms with Crippen LogP contribution in [0.15, 0.2) is 23.1 Å². The molecule has 1 N–H and O–H groups in total. The fourth-order valence-corrected chi connectivity index (χ4v) is 4.83. The fourth-order valence-electron chi connectivity index (χ4n) is 2.93. The van der Waals surface area contributed by atoms with Gasteiger partial charge in [-0.25, -0.2) is 13.2 Å². The van der Waals surface area contributed by atoms with Crippen LogP contribution in [-0.2, 0) is 14.8 Å². The van der Waals surface area contributed by atoms with Crippen molar-refractivity contribution in [2.24, 2.45) is 5.92 Å². The molecular formula is C16H21NO6S. The Morgan fingerprint density at radius 3 is 2.67 bits per heavy atom. The van der Waals surface area contributed by atoms with Crippen molar-refractivity contribution in [2.45, 2.75) is 30.2 Å². The molecule has 8 heteroatoms. The van der Waals surface area contributed by atoms with Gasteiger partial charge in [0.05, 0.1) is 19.3 Å². The predicted molar refractivity (Wildman–Crippen MR) is 85.8 cm³/mol. The highest BCUT2D eigenvalue weighted by molar-refractivity contribution is 7.89. The zero-order valence-corrected chi connectivity index (χ0v) is 14.3. The second kappa shape index (κ2) is 6.70. The number of aromatic carboxylic acids is 1. The highest BCUT2D eigenvalue weighted by atomic mass is 32.2. The first kappa shape index (κ1) is 17.2. The standard InChI is InChI=1S/C16H21NO6S/c1-22-14-8-12(16(18)19)2-5-15(14)24(20,21)17(13-3-4-13)9-11-6-7-23-10-11/h2,5,8,11,13H,3-4,6-7,9-10H2,1H3,(H,18,19). The first-order valence-corrected chi connectivity index (χ1v) is 9.38. The molecular weight excluding hydrogens is 334 g/mol. The van der Waals surface area contributed by atoms with Crippen molar-refractivity contribution in [1.82, 2.24) is 4.31 Å². The van der Waals surface area contributed by atoms with Gasteiger partial charge < -0.3 is 14.6 Å². The number of nitrogens with zero attached hydrogens (tertiary/aromatic N) is 1. The van der Waals surface area contributed by atoms with E-state index in [1.807, 2.05) is 0 Å². The zero-order valence-electron chi connectivity index (χ0n) is 13.5. The van der Waals surface area contributed by atoms with E-state index < -0.39 is 16.0 Å². The lowest BCUT2D eigenvalue weighted by molar-refractivity contribution is 0.0696. The van der Waals surface area contributed by atoms with Gasteiger partial charge in [-0.15, -0.1) is 0 Å². The molecule has 1 unspecified atom stereocenters. The Kier molecular flexibility index (Phi) is 4.80. The topological polar surface area (TPSA) is 93.1 Å². The fraction of sp³-hybridized carbons (Fsp3) is 0.562. The van der Waals surface area contributed by atoms with Crippen molar-refractivity contribution < 1.29 is 27.8 Å². The third kappa shape index (κ3) is 3.40. The minimum absolute atomic E-state index is 0.00651. The second-order valence-electron chi connectivity index (χ2n) is 6.21. The Labute approximate surface area is 141 Å². The number of carboxylic acids is 1. The number of benzene rings is 1. The molecule has 1 heterocycles. The number of rotatable bonds is 7. The molecule has 2 fully saturated rings. The van der Waals surface area contributed by atoms with E-state index in [2.05, 4.69) is 0 Å². The van der Waals surface area contributed by atoms with Crippen LogP contribution in [0.3, 0.4) is 0 Å². The summed E-state index contributed by atoms with van der Waals surface area (Å²) in [5.41, 5.74) is -0.00651. The monoisotopic (exact) mass is 355 g/mol. The van der Waals surface area contributed by atoms with E-state index in [1.165, 1.54) is 29.6 Å². The van der Waals surface area contributed by atoms with Gasteiger partial charge in [-0.2, -0.15) is 4.31 Å². The Morgan fingerprint density at radius 1 is 1.38 bits per heavy atom. The van der Waals surface area contributed by atoms with Crippen molar-refractivity contribution in [3.05, 3.63) is 23.8 Å². The summed E-state index contributed by atoms with van der Waals surface area (Å²) < 4.78 is 38.3. The molecule has 2 aliphatic rings. The van der Waals surface area contributed by atoms with Gasteiger partial charge in [0, 0.05) is 19.2 Å². The number of methoxy groups -OCH3 is 1. The van der Waals surface area contributed by atoms with Crippen molar-refractivity contribution in [3.63, 3.8) is 0 Å². The van der Waals surface area contributed by atoms with E-state index in [-0.39, 0.29) is 28.2 Å². The maximum Gasteiger partial charge on any atom is 0.335 e. The van der Waals surface area contributed by atoms with Gasteiger partial charge in [0.15, 0.2) is 0 Å². The van der Waals surface area contributed by atoms with Gasteiger partial charge in [0.2, 0.25) is 10.0 Å². The SMILES string of the molecule is COc1cc(C(=O)O)ccc1S(=O)(=O)N(CC1CCOC1)C1CC1. The summed E-state index contributed by atoms with van der Waals surface area (Å²) >= 11 is 0. The number of sulfonamides is 1. The number of hydrogen-bond acceptors (Lipinski definition) is 5. The number of carbonyl (C=O) groups is 1. The highest BCUT2D eigenvalue weighted by Crippen LogP contribution is 2.36. The maximum absolute atomic E-state index is 13.1. The summed E-state index contributed by atoms with van der Waals surface area (Å²) in [7, 11) is -2.41. The van der Waals surface area contributed by atoms with Crippen molar-refractivity contribution in [2.75, 3.05) is 26.9 Å². The van der Waals surface area contributed by atoms with E-state index in [4.69, 9.17) is 14.6 Å². The Bertz CT molecular complexity index is 722. The van der Waals surface area contributed by atoms with Gasteiger partial charge in [-0.1, -0.05) is 0 Å². The first-order valence-electron chi connectivity index (χ1n) is 7.94. The highest BCUT2D eigenvalue weighted by Gasteiger charge is 2.41. The van der Waals surface area contributed by atoms with Crippen molar-refractivity contribution in [1.29, 1.82) is 0 Å². The second-order valence-corrected chi connectivity index (χ2v) is 8.07. The lowest BCUT2D eigenvalue weighted by Crippen LogP contribution is -2.37. The Balaban J connectivity index is 1.93. The average Bonchev–Trinajstić information content (AvgIpc) is 3.27. The number of hydrogen-bond donors (Lipinski definition) is 1. The summed E-state index contributed by atoms with van der Waals surface area (Å²) in [5, 5.41) is 9.07. The van der Waals surface area contributed by atoms with Gasteiger partial charge >= 0.3 is 5.97 Å². The molecule has 132 valence electrons. The van der Waals surface area contributed by atoms with Crippen LogP contribution in [0.2, 0.25) is 0 Å². The molecule has 1 aromatic carbocycles. The van der Waals surface area contributed by atoms with Crippen LogP contribution in [0.5, 0.6) is 5.75 Å². The molecule has 1 aromatic rings. The lowest BCUT2D eigenvalue weighted by Gasteiger charge is -2.25. The first-order chi connectivity index (χ1) is 11.4. The Morgan fingerprint density at radius 2 is 2.12 bits per heavy atom. The summed E-state index contributed by atoms with van der Waals surface area (Å²) in [5.74, 6) is -0.868. The van der Waals surface area contributed by atoms with Gasteiger partial charge in [0.25, 0.3) is 0 Å². The quantitative estimate of drug-likeness (QED) is 0.798. The molecule has 0 amide bonds. The van der Waals surface area contributed by atoms with Crippen LogP contribution in [-0.4, -0.2) is 56.7 Å². The molecule has 1 saturated heterocycles. The summed E-state index contributed by atoms with van der Waals surface area (Å²) in [4.78, 5) is 11.1. The molecule has 0 bridgehead atoms. The van der Waals surface area contributed by atoms with Crippen molar-refractivity contribution >= 4 is 16.0 Å². The van der Waals surface area contributed by atoms with Gasteiger partial charge in [0.1, 0.15) is 10.6 Å². The number of carboxylic acid groups (broad SMARTS) is 1. The van der Waals surface area contributed by atoms with Crippen LogP contribution in [0.25, 0.3) is 0 Å². The molecule has 3 rings (SSSR count). The van der Waals surface area contributed by atoms with Crippen LogP contribution >= 0.6 is 0 Å². The van der Waals surface area contributed by atoms with E-state index in [1.54, 1.807) is 0 Å². The third-order valence-electron chi connectivity index (χ3n) is 4.41. The minimum Gasteiger partial charge on any atom is -0.495 e. The predicted octanol–water partition coefficient (Wildman–Crippen LogP) is 1.58. The average molecular weight is 355 g/mol. The normalized spacial score (nSPS) is 21.2. The molecule has 0 spiro atoms. The maximum atomic E-state index is 13.1. The van der Waals surface area contributed by atoms with E-state index >= 15 is 0 Å². The molecule has 24 heavy (non-hydrogen) atoms. The van der Waals surface area contributed by atoms with Crippen LogP contribution in [0, 0.1) is 5.92 Å². The Hall–Kier alpha value is -1.64. The molecule has 7 nitrogen and oxygen atoms in total. The molecule has 1 aliphatic carbocycles. The lowest BCUT2D eigenvalue weighted by atomic mass is 10.1. The summed E-state index contributed by atoms with van der Waals surface area (Å²) in [6.07, 6.45) is 2.55. The molecule has 0 radical (unpaired) electrons. The molecule has 1 aliphatic heterocycles. The summed E-state index contributed by atoms with van der Waals surface area (Å²) in [6, 6.07) is 3.87. The van der Waals surface area contributed by atoms with Gasteiger partial charge in [-0.05, 0) is 43.4 Å².